The summed E-state index contributed by atoms with van der Waals surface area (Å²) in [4.78, 5) is 47.1. The molecule has 4 aliphatic heterocycles. The first-order valence-corrected chi connectivity index (χ1v) is 64.2. The number of carbonyl (C=O) groups excluding carboxylic acids is 4. The van der Waals surface area contributed by atoms with E-state index in [0.29, 0.717) is 107 Å². The molecule has 0 bridgehead atoms. The quantitative estimate of drug-likeness (QED) is 0.00869. The summed E-state index contributed by atoms with van der Waals surface area (Å²) in [5.41, 5.74) is 2.05. The van der Waals surface area contributed by atoms with Crippen molar-refractivity contribution in [2.45, 2.75) is 212 Å². The van der Waals surface area contributed by atoms with Crippen LogP contribution in [0.25, 0.3) is 0 Å². The van der Waals surface area contributed by atoms with Crippen LogP contribution < -0.4 is 9.64 Å². The second kappa shape index (κ2) is 64.2. The molecule has 6 rings (SSSR count). The van der Waals surface area contributed by atoms with Crippen LogP contribution in [0.4, 0.5) is 10.5 Å². The minimum absolute atomic E-state index is 0.245. The van der Waals surface area contributed by atoms with E-state index in [1.165, 1.54) is 6.04 Å². The number of epoxide rings is 3. The number of nitriles is 1. The van der Waals surface area contributed by atoms with Gasteiger partial charge < -0.3 is 87.5 Å². The van der Waals surface area contributed by atoms with Crippen LogP contribution in [0.1, 0.15) is 52.9 Å². The number of ether oxygens (including phenoxy) is 15. The Bertz CT molecular complexity index is 2970. The van der Waals surface area contributed by atoms with Crippen LogP contribution in [0.2, 0.25) is 135 Å². The smallest absolute Gasteiger partial charge is 0.414 e. The van der Waals surface area contributed by atoms with E-state index < -0.39 is 68.7 Å². The highest BCUT2D eigenvalue weighted by molar-refractivity contribution is 6.85. The molecule has 0 radical (unpaired) electrons. The maximum atomic E-state index is 12.1. The second-order valence-electron chi connectivity index (χ2n) is 31.6. The molecular weight excluding hydrogens is 1590 g/mol. The summed E-state index contributed by atoms with van der Waals surface area (Å²) < 4.78 is 103. The summed E-state index contributed by atoms with van der Waals surface area (Å²) in [5, 5.41) is 8.05. The highest BCUT2D eigenvalue weighted by Crippen LogP contribution is 2.27. The largest absolute Gasteiger partial charge is 0.461 e. The number of anilines is 1. The van der Waals surface area contributed by atoms with Gasteiger partial charge in [-0.05, 0) is 212 Å². The molecule has 4 unspecified atom stereocenters. The molecule has 4 atom stereocenters. The normalized spacial score (nSPS) is 15.9. The first-order valence-electron chi connectivity index (χ1n) is 40.2. The van der Waals surface area contributed by atoms with Crippen LogP contribution in [0.15, 0.2) is 122 Å². The van der Waals surface area contributed by atoms with E-state index in [2.05, 4.69) is 142 Å². The molecule has 25 nitrogen and oxygen atoms in total. The highest BCUT2D eigenvalue weighted by atomic mass is 28.4. The molecule has 4 aliphatic rings. The topological polar surface area (TPSA) is 281 Å². The van der Waals surface area contributed by atoms with E-state index in [4.69, 9.17) is 88.0 Å². The summed E-state index contributed by atoms with van der Waals surface area (Å²) in [6.45, 7) is 71.1. The zero-order valence-corrected chi connectivity index (χ0v) is 81.7. The first-order chi connectivity index (χ1) is 53.8. The number of rotatable bonds is 54. The zero-order chi connectivity index (χ0) is 85.9. The minimum Gasteiger partial charge on any atom is -0.461 e. The predicted octanol–water partition coefficient (Wildman–Crippen LogP) is 15.5. The summed E-state index contributed by atoms with van der Waals surface area (Å²) in [6, 6.07) is 23.9. The Labute approximate surface area is 696 Å². The van der Waals surface area contributed by atoms with Gasteiger partial charge in [0.2, 0.25) is 0 Å². The van der Waals surface area contributed by atoms with E-state index in [0.717, 1.165) is 115 Å². The SMILES string of the molecule is C=C(C)C(=O)OCCOCCC[Si](C)(C)O[Si](C)(C)CCCOCC1CN(c2ccccc2)C(=O)O1.C=C(C)C(=O)OCCOCCC[Si](C)(C)O[Si](C)(C)CCCOCC1CO1.C=CCOCC1CO1.C=CCOCCOC(=O)C(=C)C.C[SiH](C)O[SiH](C)C.C[SiH](C)O[Si](C)(C)CCCOCC1CO1.N#COc1ccccc1. The Hall–Kier alpha value is -4.71. The van der Waals surface area contributed by atoms with Crippen LogP contribution in [-0.4, -0.2) is 256 Å². The Morgan fingerprint density at radius 2 is 0.789 bits per heavy atom. The molecule has 0 aliphatic carbocycles. The van der Waals surface area contributed by atoms with Gasteiger partial charge in [0.05, 0.1) is 85.8 Å². The maximum Gasteiger partial charge on any atom is 0.414 e. The lowest BCUT2D eigenvalue weighted by atomic mass is 10.3. The van der Waals surface area contributed by atoms with Gasteiger partial charge in [0.15, 0.2) is 68.7 Å². The van der Waals surface area contributed by atoms with E-state index in [-0.39, 0.29) is 49.9 Å². The summed E-state index contributed by atoms with van der Waals surface area (Å²) in [5.74, 6) is -0.536. The van der Waals surface area contributed by atoms with Crippen molar-refractivity contribution in [1.29, 1.82) is 5.26 Å². The van der Waals surface area contributed by atoms with Gasteiger partial charge in [-0.2, -0.15) is 0 Å². The molecule has 0 saturated carbocycles. The zero-order valence-electron chi connectivity index (χ0n) is 73.2. The fourth-order valence-corrected chi connectivity index (χ4v) is 39.2. The average Bonchev–Trinajstić information content (AvgIpc) is 1.68. The number of esters is 3. The molecule has 33 heteroatoms. The molecule has 0 aromatic heterocycles. The number of hydrogen-bond donors (Lipinski definition) is 0. The number of amides is 1. The van der Waals surface area contributed by atoms with Crippen molar-refractivity contribution in [3.8, 4) is 12.0 Å². The molecule has 4 fully saturated rings. The summed E-state index contributed by atoms with van der Waals surface area (Å²) in [6.07, 6.45) is 10.6. The highest BCUT2D eigenvalue weighted by Gasteiger charge is 2.36. The standard InChI is InChI=1S/C26H43NO7Si2.C19H38O6Si2.C10H24O3Si2.C9H14O3.C7H5NO.C6H10O2.C4H14OSi2/c1-22(2)25(28)32-17-16-30-14-10-18-35(3,4)34-36(5,6)19-11-15-31-21-24-20-27(26(29)33-24)23-12-8-7-9-13-23;1-17(2)19(20)23-12-11-21-9-7-13-26(3,4)25-27(5,6)14-8-10-22-15-18-16-24-18;1-14(2)13-15(3,4)7-5-6-11-8-10-9-12-10;1-4-5-11-6-7-12-9(10)8(2)3;8-6-9-7-4-2-1-3-5-7;1-2-3-7-4-6-5-8-6;1-6(2)5-7(3)4/h7-9,12-13,24H,1,10-11,14-21H2,2-6H3;18H,1,7-16H2,2-6H3;10,14H,5-9H2,1-4H3;4H,1-2,5-7H2,3H3;1-5H;2,6H,1,3-5H2;6-7H,1-4H3. The van der Waals surface area contributed by atoms with Crippen molar-refractivity contribution in [2.24, 2.45) is 0 Å². The molecule has 4 saturated heterocycles. The molecule has 4 heterocycles. The van der Waals surface area contributed by atoms with Crippen molar-refractivity contribution in [1.82, 2.24) is 0 Å². The Balaban J connectivity index is 0.00000143. The van der Waals surface area contributed by atoms with Gasteiger partial charge in [-0.1, -0.05) is 68.3 Å². The summed E-state index contributed by atoms with van der Waals surface area (Å²) in [7, 11) is -10.5. The van der Waals surface area contributed by atoms with Crippen LogP contribution in [0, 0.1) is 11.5 Å². The lowest BCUT2D eigenvalue weighted by Crippen LogP contribution is -2.44. The summed E-state index contributed by atoms with van der Waals surface area (Å²) >= 11 is 0. The first kappa shape index (κ1) is 109. The predicted molar refractivity (Wildman–Crippen MR) is 475 cm³/mol. The van der Waals surface area contributed by atoms with Crippen LogP contribution in [-0.2, 0) is 97.2 Å². The lowest BCUT2D eigenvalue weighted by Gasteiger charge is -2.34. The fraction of sp³-hybridized carbons (Fsp3) is 0.667. The third kappa shape index (κ3) is 68.2. The molecule has 0 spiro atoms. The van der Waals surface area contributed by atoms with Gasteiger partial charge >= 0.3 is 24.0 Å². The third-order valence-corrected chi connectivity index (χ3v) is 41.1. The number of benzene rings is 2. The lowest BCUT2D eigenvalue weighted by molar-refractivity contribution is -0.141. The van der Waals surface area contributed by atoms with Crippen LogP contribution in [0.3, 0.4) is 0 Å². The molecule has 0 N–H and O–H groups in total. The monoisotopic (exact) mass is 1740 g/mol. The molecule has 1 amide bonds. The average molecular weight is 1740 g/mol. The molecule has 2 aromatic rings. The number of nitrogens with zero attached hydrogens (tertiary/aromatic N) is 2. The van der Waals surface area contributed by atoms with Gasteiger partial charge in [0, 0.05) is 55.4 Å². The van der Waals surface area contributed by atoms with E-state index in [1.807, 2.05) is 48.5 Å². The van der Waals surface area contributed by atoms with Crippen molar-refractivity contribution in [3.05, 3.63) is 122 Å². The van der Waals surface area contributed by atoms with Crippen molar-refractivity contribution in [3.63, 3.8) is 0 Å². The van der Waals surface area contributed by atoms with Crippen molar-refractivity contribution in [2.75, 3.05) is 144 Å². The number of carbonyl (C=O) groups is 4. The molecule has 114 heavy (non-hydrogen) atoms. The minimum atomic E-state index is -1.81. The van der Waals surface area contributed by atoms with Crippen LogP contribution >= 0.6 is 0 Å². The Morgan fingerprint density at radius 3 is 1.11 bits per heavy atom. The molecule has 652 valence electrons. The van der Waals surface area contributed by atoms with Gasteiger partial charge in [-0.25, -0.2) is 19.2 Å². The molecule has 2 aromatic carbocycles. The third-order valence-electron chi connectivity index (χ3n) is 15.7. The van der Waals surface area contributed by atoms with E-state index >= 15 is 0 Å². The van der Waals surface area contributed by atoms with Gasteiger partial charge in [-0.15, -0.1) is 18.4 Å². The molecular formula is C81H148N2O23Si8. The van der Waals surface area contributed by atoms with Crippen molar-refractivity contribution >= 4 is 98.4 Å². The van der Waals surface area contributed by atoms with Gasteiger partial charge in [0.25, 0.3) is 6.26 Å². The van der Waals surface area contributed by atoms with Gasteiger partial charge in [-0.3, -0.25) is 4.90 Å². The maximum absolute atomic E-state index is 12.1. The van der Waals surface area contributed by atoms with Gasteiger partial charge in [0.1, 0.15) is 50.0 Å². The van der Waals surface area contributed by atoms with E-state index in [1.54, 1.807) is 56.2 Å². The number of hydrogen-bond acceptors (Lipinski definition) is 24. The van der Waals surface area contributed by atoms with Crippen LogP contribution in [0.5, 0.6) is 5.75 Å². The number of para-hydroxylation sites is 2. The second-order valence-corrected chi connectivity index (χ2v) is 61.7. The van der Waals surface area contributed by atoms with E-state index in [9.17, 15) is 19.2 Å². The fourth-order valence-electron chi connectivity index (χ4n) is 10.6. The Morgan fingerprint density at radius 1 is 0.465 bits per heavy atom. The van der Waals surface area contributed by atoms with Crippen molar-refractivity contribution < 1.29 is 107 Å². The number of cyclic esters (lactones) is 1. The Kier molecular flexibility index (Phi) is 61.6.